The Bertz CT molecular complexity index is 1050. The molecule has 1 unspecified atom stereocenters. The molecule has 2 aromatic rings. The third-order valence-electron chi connectivity index (χ3n) is 4.80. The fourth-order valence-corrected chi connectivity index (χ4v) is 3.52. The average molecular weight is 436 g/mol. The van der Waals surface area contributed by atoms with Crippen molar-refractivity contribution in [3.63, 3.8) is 0 Å². The highest BCUT2D eigenvalue weighted by Crippen LogP contribution is 2.34. The maximum absolute atomic E-state index is 12.1. The highest BCUT2D eigenvalue weighted by Gasteiger charge is 2.53. The fourth-order valence-electron chi connectivity index (χ4n) is 3.52. The third-order valence-corrected chi connectivity index (χ3v) is 4.80. The van der Waals surface area contributed by atoms with E-state index in [4.69, 9.17) is 29.1 Å². The summed E-state index contributed by atoms with van der Waals surface area (Å²) in [7, 11) is 1.39. The summed E-state index contributed by atoms with van der Waals surface area (Å²) < 4.78 is 27.2. The van der Waals surface area contributed by atoms with Gasteiger partial charge in [0.05, 0.1) is 5.60 Å². The molecule has 4 N–H and O–H groups in total. The normalized spacial score (nSPS) is 25.1. The Balaban J connectivity index is 1.88. The molecule has 0 saturated carbocycles. The molecule has 1 aromatic heterocycles. The van der Waals surface area contributed by atoms with Crippen LogP contribution in [0.1, 0.15) is 20.8 Å². The van der Waals surface area contributed by atoms with E-state index in [0.29, 0.717) is 5.39 Å². The van der Waals surface area contributed by atoms with Crippen LogP contribution in [0.4, 0.5) is 10.5 Å². The second kappa shape index (κ2) is 8.53. The quantitative estimate of drug-likeness (QED) is 0.583. The summed E-state index contributed by atoms with van der Waals surface area (Å²) in [5.74, 6) is -0.184. The van der Waals surface area contributed by atoms with Gasteiger partial charge >= 0.3 is 11.7 Å². The number of benzene rings is 1. The van der Waals surface area contributed by atoms with Crippen molar-refractivity contribution in [1.82, 2.24) is 0 Å². The molecule has 0 spiro atoms. The van der Waals surface area contributed by atoms with Crippen LogP contribution in [0.15, 0.2) is 33.5 Å². The largest absolute Gasteiger partial charge is 0.462 e. The number of carbonyl (C=O) groups excluding carboxylic acids is 2. The highest BCUT2D eigenvalue weighted by atomic mass is 16.7. The molecule has 31 heavy (non-hydrogen) atoms. The predicted molar refractivity (Wildman–Crippen MR) is 108 cm³/mol. The average Bonchev–Trinajstić information content (AvgIpc) is 2.65. The second-order valence-electron chi connectivity index (χ2n) is 7.58. The molecule has 0 radical (unpaired) electrons. The first-order valence-corrected chi connectivity index (χ1v) is 9.38. The van der Waals surface area contributed by atoms with Crippen molar-refractivity contribution in [2.24, 2.45) is 5.73 Å². The van der Waals surface area contributed by atoms with Crippen molar-refractivity contribution >= 4 is 28.7 Å². The zero-order chi connectivity index (χ0) is 22.9. The lowest BCUT2D eigenvalue weighted by atomic mass is 9.89. The summed E-state index contributed by atoms with van der Waals surface area (Å²) >= 11 is 0. The van der Waals surface area contributed by atoms with Crippen molar-refractivity contribution in [3.05, 3.63) is 34.7 Å². The number of amides is 2. The molecule has 1 saturated heterocycles. The van der Waals surface area contributed by atoms with Gasteiger partial charge in [0, 0.05) is 25.5 Å². The molecule has 168 valence electrons. The van der Waals surface area contributed by atoms with Crippen molar-refractivity contribution in [1.29, 1.82) is 0 Å². The number of carbonyl (C=O) groups is 2. The number of aliphatic hydroxyl groups excluding tert-OH is 1. The topological polar surface area (TPSA) is 160 Å². The van der Waals surface area contributed by atoms with Crippen molar-refractivity contribution in [2.45, 2.75) is 51.0 Å². The molecule has 2 amide bonds. The smallest absolute Gasteiger partial charge is 0.404 e. The van der Waals surface area contributed by atoms with E-state index in [-0.39, 0.29) is 17.0 Å². The van der Waals surface area contributed by atoms with Crippen LogP contribution in [-0.2, 0) is 19.0 Å². The monoisotopic (exact) mass is 436 g/mol. The molecule has 0 aliphatic carbocycles. The Kier molecular flexibility index (Phi) is 6.20. The zero-order valence-corrected chi connectivity index (χ0v) is 17.4. The van der Waals surface area contributed by atoms with E-state index in [1.807, 2.05) is 0 Å². The Hall–Kier alpha value is -3.15. The van der Waals surface area contributed by atoms with Crippen LogP contribution in [0, 0.1) is 0 Å². The fraction of sp³-hybridized carbons (Fsp3) is 0.450. The maximum atomic E-state index is 12.1. The van der Waals surface area contributed by atoms with Crippen molar-refractivity contribution in [3.8, 4) is 5.75 Å². The Morgan fingerprint density at radius 2 is 1.97 bits per heavy atom. The summed E-state index contributed by atoms with van der Waals surface area (Å²) in [5.41, 5.74) is 3.60. The molecule has 2 heterocycles. The molecule has 1 aliphatic rings. The number of methoxy groups -OCH3 is 1. The van der Waals surface area contributed by atoms with Gasteiger partial charge in [-0.2, -0.15) is 0 Å². The lowest BCUT2D eigenvalue weighted by Gasteiger charge is -2.47. The minimum absolute atomic E-state index is 0.0125. The maximum Gasteiger partial charge on any atom is 0.404 e. The van der Waals surface area contributed by atoms with E-state index in [1.54, 1.807) is 26.0 Å². The summed E-state index contributed by atoms with van der Waals surface area (Å²) in [4.78, 5) is 34.6. The van der Waals surface area contributed by atoms with E-state index in [0.717, 1.165) is 0 Å². The van der Waals surface area contributed by atoms with Gasteiger partial charge in [-0.25, -0.2) is 9.59 Å². The first kappa shape index (κ1) is 22.5. The van der Waals surface area contributed by atoms with Crippen LogP contribution >= 0.6 is 0 Å². The number of nitrogens with one attached hydrogen (secondary N) is 1. The van der Waals surface area contributed by atoms with Crippen LogP contribution in [-0.4, -0.2) is 54.4 Å². The SMILES string of the molecule is CO[C@@H]1[C@H](OC(N)=O)[C@H](O)C(Oc2ccc3cc(NC(C)=O)c(=O)oc3c2)OC1(C)C. The standard InChI is InChI=1S/C20H24N2O9/c1-9(23)22-12-7-10-5-6-11(8-13(10)29-17(12)25)28-18-14(24)15(30-19(21)26)16(27-4)20(2,3)31-18/h5-8,14-16,18,24H,1-4H3,(H2,21,26)(H,22,23)/t14-,15+,16+,18?/m0/s1. The minimum Gasteiger partial charge on any atom is -0.462 e. The van der Waals surface area contributed by atoms with Gasteiger partial charge in [0.1, 0.15) is 23.1 Å². The van der Waals surface area contributed by atoms with E-state index in [2.05, 4.69) is 5.32 Å². The molecule has 1 aromatic carbocycles. The number of anilines is 1. The first-order chi connectivity index (χ1) is 14.5. The van der Waals surface area contributed by atoms with E-state index >= 15 is 0 Å². The minimum atomic E-state index is -1.42. The number of primary amides is 1. The Morgan fingerprint density at radius 3 is 2.58 bits per heavy atom. The number of aliphatic hydroxyl groups is 1. The molecular weight excluding hydrogens is 412 g/mol. The predicted octanol–water partition coefficient (Wildman–Crippen LogP) is 1.10. The van der Waals surface area contributed by atoms with Crippen LogP contribution < -0.4 is 21.4 Å². The zero-order valence-electron chi connectivity index (χ0n) is 17.4. The van der Waals surface area contributed by atoms with Crippen molar-refractivity contribution < 1.29 is 38.1 Å². The molecule has 11 heteroatoms. The van der Waals surface area contributed by atoms with Crippen molar-refractivity contribution in [2.75, 3.05) is 12.4 Å². The van der Waals surface area contributed by atoms with Gasteiger partial charge in [-0.1, -0.05) is 0 Å². The first-order valence-electron chi connectivity index (χ1n) is 9.38. The molecule has 4 atom stereocenters. The number of hydrogen-bond acceptors (Lipinski definition) is 9. The Labute approximate surface area is 177 Å². The van der Waals surface area contributed by atoms with E-state index in [1.165, 1.54) is 26.2 Å². The van der Waals surface area contributed by atoms with Gasteiger partial charge in [0.15, 0.2) is 12.2 Å². The number of nitrogens with two attached hydrogens (primary N) is 1. The second-order valence-corrected chi connectivity index (χ2v) is 7.58. The Morgan fingerprint density at radius 1 is 1.26 bits per heavy atom. The van der Waals surface area contributed by atoms with Gasteiger partial charge in [-0.3, -0.25) is 4.79 Å². The van der Waals surface area contributed by atoms with E-state index in [9.17, 15) is 19.5 Å². The van der Waals surface area contributed by atoms with Gasteiger partial charge in [-0.15, -0.1) is 0 Å². The third kappa shape index (κ3) is 4.79. The van der Waals surface area contributed by atoms with Gasteiger partial charge in [0.25, 0.3) is 0 Å². The van der Waals surface area contributed by atoms with E-state index < -0.39 is 47.8 Å². The molecular formula is C20H24N2O9. The number of rotatable bonds is 5. The summed E-state index contributed by atoms with van der Waals surface area (Å²) in [5, 5.41) is 13.6. The molecule has 1 fully saturated rings. The number of hydrogen-bond donors (Lipinski definition) is 3. The van der Waals surface area contributed by atoms with Crippen LogP contribution in [0.3, 0.4) is 0 Å². The molecule has 0 bridgehead atoms. The number of ether oxygens (including phenoxy) is 4. The van der Waals surface area contributed by atoms with Crippen LogP contribution in [0.2, 0.25) is 0 Å². The van der Waals surface area contributed by atoms with Gasteiger partial charge in [0.2, 0.25) is 12.2 Å². The van der Waals surface area contributed by atoms with Crippen LogP contribution in [0.25, 0.3) is 11.0 Å². The lowest BCUT2D eigenvalue weighted by Crippen LogP contribution is -2.65. The lowest BCUT2D eigenvalue weighted by molar-refractivity contribution is -0.304. The highest BCUT2D eigenvalue weighted by molar-refractivity contribution is 5.91. The number of fused-ring (bicyclic) bond motifs is 1. The summed E-state index contributed by atoms with van der Waals surface area (Å²) in [6, 6.07) is 6.08. The molecule has 1 aliphatic heterocycles. The molecule has 3 rings (SSSR count). The van der Waals surface area contributed by atoms with Crippen LogP contribution in [0.5, 0.6) is 5.75 Å². The summed E-state index contributed by atoms with van der Waals surface area (Å²) in [6.45, 7) is 4.65. The van der Waals surface area contributed by atoms with Gasteiger partial charge < -0.3 is 39.5 Å². The molecule has 11 nitrogen and oxygen atoms in total. The van der Waals surface area contributed by atoms with Gasteiger partial charge in [-0.05, 0) is 32.0 Å². The summed E-state index contributed by atoms with van der Waals surface area (Å²) in [6.07, 6.45) is -5.69.